The van der Waals surface area contributed by atoms with Crippen LogP contribution in [0.2, 0.25) is 0 Å². The SMILES string of the molecule is Cc1cc(C)c(S(=O)(=O)Nc2cc(C(=O)Nc3ncccc3O)ccc2C)c(C)c1. The van der Waals surface area contributed by atoms with Gasteiger partial charge in [-0.15, -0.1) is 0 Å². The Morgan fingerprint density at radius 2 is 1.63 bits per heavy atom. The van der Waals surface area contributed by atoms with E-state index in [4.69, 9.17) is 0 Å². The third-order valence-electron chi connectivity index (χ3n) is 4.64. The van der Waals surface area contributed by atoms with Crippen molar-refractivity contribution >= 4 is 27.4 Å². The molecule has 0 radical (unpaired) electrons. The van der Waals surface area contributed by atoms with E-state index in [1.54, 1.807) is 39.0 Å². The topological polar surface area (TPSA) is 108 Å². The van der Waals surface area contributed by atoms with E-state index in [1.165, 1.54) is 18.3 Å². The third-order valence-corrected chi connectivity index (χ3v) is 6.31. The number of aromatic nitrogens is 1. The molecule has 0 aliphatic carbocycles. The number of rotatable bonds is 5. The van der Waals surface area contributed by atoms with Gasteiger partial charge >= 0.3 is 0 Å². The van der Waals surface area contributed by atoms with Crippen molar-refractivity contribution in [3.8, 4) is 5.75 Å². The van der Waals surface area contributed by atoms with E-state index in [-0.39, 0.29) is 22.0 Å². The molecule has 0 fully saturated rings. The fourth-order valence-corrected chi connectivity index (χ4v) is 4.91. The molecule has 7 nitrogen and oxygen atoms in total. The average molecular weight is 426 g/mol. The summed E-state index contributed by atoms with van der Waals surface area (Å²) in [7, 11) is -3.86. The van der Waals surface area contributed by atoms with Gasteiger partial charge in [0.2, 0.25) is 0 Å². The van der Waals surface area contributed by atoms with Crippen LogP contribution in [0.3, 0.4) is 0 Å². The van der Waals surface area contributed by atoms with Gasteiger partial charge in [-0.1, -0.05) is 23.8 Å². The number of nitrogens with one attached hydrogen (secondary N) is 2. The van der Waals surface area contributed by atoms with Crippen molar-refractivity contribution in [1.82, 2.24) is 4.98 Å². The number of sulfonamides is 1. The summed E-state index contributed by atoms with van der Waals surface area (Å²) in [4.78, 5) is 16.7. The lowest BCUT2D eigenvalue weighted by molar-refractivity contribution is 0.102. The lowest BCUT2D eigenvalue weighted by Crippen LogP contribution is -2.18. The summed E-state index contributed by atoms with van der Waals surface area (Å²) in [5.41, 5.74) is 3.47. The summed E-state index contributed by atoms with van der Waals surface area (Å²) < 4.78 is 28.7. The Morgan fingerprint density at radius 1 is 0.967 bits per heavy atom. The minimum absolute atomic E-state index is 0.0242. The van der Waals surface area contributed by atoms with Crippen molar-refractivity contribution in [2.24, 2.45) is 0 Å². The Balaban J connectivity index is 1.92. The Morgan fingerprint density at radius 3 is 2.27 bits per heavy atom. The zero-order valence-electron chi connectivity index (χ0n) is 17.1. The molecule has 0 aliphatic heterocycles. The summed E-state index contributed by atoms with van der Waals surface area (Å²) >= 11 is 0. The highest BCUT2D eigenvalue weighted by Gasteiger charge is 2.21. The van der Waals surface area contributed by atoms with E-state index < -0.39 is 15.9 Å². The largest absolute Gasteiger partial charge is 0.504 e. The van der Waals surface area contributed by atoms with Crippen LogP contribution >= 0.6 is 0 Å². The number of hydrogen-bond acceptors (Lipinski definition) is 5. The number of pyridine rings is 1. The monoisotopic (exact) mass is 425 g/mol. The van der Waals surface area contributed by atoms with Gasteiger partial charge in [0.05, 0.1) is 10.6 Å². The zero-order valence-corrected chi connectivity index (χ0v) is 18.0. The first-order valence-electron chi connectivity index (χ1n) is 9.25. The fraction of sp³-hybridized carbons (Fsp3) is 0.182. The number of benzene rings is 2. The first kappa shape index (κ1) is 21.3. The molecule has 30 heavy (non-hydrogen) atoms. The summed E-state index contributed by atoms with van der Waals surface area (Å²) in [6.45, 7) is 7.17. The Labute approximate surface area is 175 Å². The van der Waals surface area contributed by atoms with Crippen molar-refractivity contribution < 1.29 is 18.3 Å². The van der Waals surface area contributed by atoms with E-state index in [0.717, 1.165) is 5.56 Å². The molecule has 2 aromatic carbocycles. The molecule has 8 heteroatoms. The zero-order chi connectivity index (χ0) is 22.1. The van der Waals surface area contributed by atoms with Crippen LogP contribution in [-0.2, 0) is 10.0 Å². The second-order valence-electron chi connectivity index (χ2n) is 7.19. The first-order valence-corrected chi connectivity index (χ1v) is 10.7. The van der Waals surface area contributed by atoms with Gasteiger partial charge in [0, 0.05) is 11.8 Å². The summed E-state index contributed by atoms with van der Waals surface area (Å²) in [5.74, 6) is -0.660. The minimum atomic E-state index is -3.86. The van der Waals surface area contributed by atoms with Crippen LogP contribution in [-0.4, -0.2) is 24.4 Å². The summed E-state index contributed by atoms with van der Waals surface area (Å²) in [6, 6.07) is 11.3. The van der Waals surface area contributed by atoms with E-state index in [1.807, 2.05) is 19.1 Å². The molecule has 0 unspecified atom stereocenters. The van der Waals surface area contributed by atoms with E-state index in [0.29, 0.717) is 22.4 Å². The highest BCUT2D eigenvalue weighted by molar-refractivity contribution is 7.92. The van der Waals surface area contributed by atoms with Crippen LogP contribution in [0, 0.1) is 27.7 Å². The van der Waals surface area contributed by atoms with Crippen molar-refractivity contribution in [2.75, 3.05) is 10.0 Å². The molecule has 0 saturated heterocycles. The number of hydrogen-bond donors (Lipinski definition) is 3. The maximum atomic E-state index is 13.1. The molecule has 3 rings (SSSR count). The minimum Gasteiger partial charge on any atom is -0.504 e. The molecule has 1 aromatic heterocycles. The molecular weight excluding hydrogens is 402 g/mol. The number of aromatic hydroxyl groups is 1. The maximum absolute atomic E-state index is 13.1. The number of aryl methyl sites for hydroxylation is 4. The molecule has 0 bridgehead atoms. The van der Waals surface area contributed by atoms with Gasteiger partial charge in [-0.05, 0) is 68.7 Å². The van der Waals surface area contributed by atoms with E-state index in [2.05, 4.69) is 15.0 Å². The summed E-state index contributed by atoms with van der Waals surface area (Å²) in [5, 5.41) is 12.3. The summed E-state index contributed by atoms with van der Waals surface area (Å²) in [6.07, 6.45) is 1.44. The molecule has 156 valence electrons. The average Bonchev–Trinajstić information content (AvgIpc) is 2.64. The highest BCUT2D eigenvalue weighted by atomic mass is 32.2. The van der Waals surface area contributed by atoms with Crippen LogP contribution in [0.15, 0.2) is 53.6 Å². The van der Waals surface area contributed by atoms with Gasteiger partial charge in [-0.2, -0.15) is 0 Å². The molecule has 0 aliphatic rings. The second kappa shape index (κ2) is 8.16. The second-order valence-corrected chi connectivity index (χ2v) is 8.81. The van der Waals surface area contributed by atoms with Crippen LogP contribution in [0.4, 0.5) is 11.5 Å². The molecule has 0 atom stereocenters. The molecule has 3 N–H and O–H groups in total. The highest BCUT2D eigenvalue weighted by Crippen LogP contribution is 2.27. The molecular formula is C22H23N3O4S. The van der Waals surface area contributed by atoms with Gasteiger partial charge in [0.15, 0.2) is 11.6 Å². The van der Waals surface area contributed by atoms with Gasteiger partial charge in [-0.3, -0.25) is 9.52 Å². The van der Waals surface area contributed by atoms with Crippen molar-refractivity contribution in [3.63, 3.8) is 0 Å². The van der Waals surface area contributed by atoms with E-state index >= 15 is 0 Å². The lowest BCUT2D eigenvalue weighted by Gasteiger charge is -2.16. The van der Waals surface area contributed by atoms with Crippen molar-refractivity contribution in [3.05, 3.63) is 76.5 Å². The van der Waals surface area contributed by atoms with Crippen LogP contribution in [0.5, 0.6) is 5.75 Å². The molecule has 3 aromatic rings. The van der Waals surface area contributed by atoms with Gasteiger partial charge in [0.1, 0.15) is 0 Å². The number of anilines is 2. The van der Waals surface area contributed by atoms with Crippen LogP contribution in [0.25, 0.3) is 0 Å². The number of carbonyl (C=O) groups is 1. The van der Waals surface area contributed by atoms with Gasteiger partial charge in [-0.25, -0.2) is 13.4 Å². The van der Waals surface area contributed by atoms with Crippen molar-refractivity contribution in [2.45, 2.75) is 32.6 Å². The Hall–Kier alpha value is -3.39. The molecule has 0 saturated carbocycles. The van der Waals surface area contributed by atoms with Gasteiger partial charge in [0.25, 0.3) is 15.9 Å². The van der Waals surface area contributed by atoms with E-state index in [9.17, 15) is 18.3 Å². The third kappa shape index (κ3) is 4.44. The number of carbonyl (C=O) groups excluding carboxylic acids is 1. The normalized spacial score (nSPS) is 11.2. The quantitative estimate of drug-likeness (QED) is 0.571. The molecule has 1 amide bonds. The Kier molecular flexibility index (Phi) is 5.80. The predicted molar refractivity (Wildman–Crippen MR) is 116 cm³/mol. The smallest absolute Gasteiger partial charge is 0.262 e. The number of amides is 1. The Bertz CT molecular complexity index is 1210. The standard InChI is InChI=1S/C22H23N3O4S/c1-13-10-15(3)20(16(4)11-13)30(28,29)25-18-12-17(8-7-14(18)2)22(27)24-21-19(26)6-5-9-23-21/h5-12,25-26H,1-4H3,(H,23,24,27). The maximum Gasteiger partial charge on any atom is 0.262 e. The van der Waals surface area contributed by atoms with Crippen LogP contribution in [0.1, 0.15) is 32.6 Å². The lowest BCUT2D eigenvalue weighted by atomic mass is 10.1. The fourth-order valence-electron chi connectivity index (χ4n) is 3.33. The molecule has 0 spiro atoms. The molecule has 1 heterocycles. The van der Waals surface area contributed by atoms with Crippen LogP contribution < -0.4 is 10.0 Å². The predicted octanol–water partition coefficient (Wildman–Crippen LogP) is 4.07. The van der Waals surface area contributed by atoms with Gasteiger partial charge < -0.3 is 10.4 Å². The number of nitrogens with zero attached hydrogens (tertiary/aromatic N) is 1. The first-order chi connectivity index (χ1) is 14.1. The van der Waals surface area contributed by atoms with Crippen molar-refractivity contribution in [1.29, 1.82) is 0 Å².